The van der Waals surface area contributed by atoms with Gasteiger partial charge < -0.3 is 19.5 Å². The molecule has 0 bridgehead atoms. The molecular weight excluding hydrogens is 425 g/mol. The quantitative estimate of drug-likeness (QED) is 0.564. The van der Waals surface area contributed by atoms with Gasteiger partial charge in [0.15, 0.2) is 11.6 Å². The van der Waals surface area contributed by atoms with Gasteiger partial charge in [-0.2, -0.15) is 10.2 Å². The predicted octanol–water partition coefficient (Wildman–Crippen LogP) is 3.77. The van der Waals surface area contributed by atoms with E-state index in [-0.39, 0.29) is 35.0 Å². The molecule has 1 fully saturated rings. The second-order valence-electron chi connectivity index (χ2n) is 7.87. The van der Waals surface area contributed by atoms with Gasteiger partial charge in [-0.25, -0.2) is 14.4 Å². The van der Waals surface area contributed by atoms with Crippen molar-refractivity contribution in [3.05, 3.63) is 47.3 Å². The van der Waals surface area contributed by atoms with Gasteiger partial charge in [0.2, 0.25) is 5.88 Å². The van der Waals surface area contributed by atoms with E-state index in [0.717, 1.165) is 6.07 Å². The van der Waals surface area contributed by atoms with Crippen molar-refractivity contribution in [2.45, 2.75) is 38.7 Å². The maximum atomic E-state index is 14.3. The van der Waals surface area contributed by atoms with E-state index in [0.29, 0.717) is 43.3 Å². The highest BCUT2D eigenvalue weighted by atomic mass is 19.1. The average molecular weight is 447 g/mol. The summed E-state index contributed by atoms with van der Waals surface area (Å²) in [6, 6.07) is 6.50. The average Bonchev–Trinajstić information content (AvgIpc) is 3.32. The van der Waals surface area contributed by atoms with Crippen molar-refractivity contribution in [3.63, 3.8) is 0 Å². The van der Waals surface area contributed by atoms with Crippen molar-refractivity contribution in [2.24, 2.45) is 0 Å². The second-order valence-corrected chi connectivity index (χ2v) is 7.87. The maximum absolute atomic E-state index is 14.3. The Hall–Kier alpha value is -4.18. The molecule has 1 aliphatic heterocycles. The number of nitriles is 1. The Morgan fingerprint density at radius 1 is 1.30 bits per heavy atom. The number of ether oxygens (including phenoxy) is 1. The zero-order valence-corrected chi connectivity index (χ0v) is 18.2. The molecule has 0 atom stereocenters. The van der Waals surface area contributed by atoms with Crippen LogP contribution in [0.2, 0.25) is 0 Å². The minimum absolute atomic E-state index is 0.116. The molecule has 2 aromatic heterocycles. The molecule has 1 N–H and O–H groups in total. The molecule has 3 heterocycles. The number of rotatable bonds is 6. The first-order valence-corrected chi connectivity index (χ1v) is 10.5. The third kappa shape index (κ3) is 4.85. The minimum Gasteiger partial charge on any atom is -0.473 e. The molecule has 1 aromatic carbocycles. The number of nitrogens with one attached hydrogen (secondary N) is 1. The van der Waals surface area contributed by atoms with Gasteiger partial charge in [-0.1, -0.05) is 24.9 Å². The van der Waals surface area contributed by atoms with E-state index in [9.17, 15) is 4.39 Å². The number of halogens is 1. The van der Waals surface area contributed by atoms with Gasteiger partial charge in [0, 0.05) is 31.8 Å². The Kier molecular flexibility index (Phi) is 6.36. The van der Waals surface area contributed by atoms with Crippen LogP contribution in [0.15, 0.2) is 29.0 Å². The lowest BCUT2D eigenvalue weighted by Crippen LogP contribution is -2.38. The molecule has 4 rings (SSSR count). The summed E-state index contributed by atoms with van der Waals surface area (Å²) < 4.78 is 25.8. The molecule has 168 valence electrons. The molecule has 1 aliphatic rings. The van der Waals surface area contributed by atoms with E-state index >= 15 is 0 Å². The van der Waals surface area contributed by atoms with Crippen molar-refractivity contribution in [1.29, 1.82) is 5.26 Å². The van der Waals surface area contributed by atoms with Gasteiger partial charge in [-0.3, -0.25) is 0 Å². The van der Waals surface area contributed by atoms with Crippen LogP contribution in [0.5, 0.6) is 5.88 Å². The number of piperidine rings is 1. The summed E-state index contributed by atoms with van der Waals surface area (Å²) in [4.78, 5) is 14.8. The Morgan fingerprint density at radius 2 is 2.09 bits per heavy atom. The SMILES string of the molecule is C#Cc1c(Nc2ccc(C#N)cc2F)ncnc1OC1CCN(c2nc(C(C)C)no2)CC1. The summed E-state index contributed by atoms with van der Waals surface area (Å²) in [5.41, 5.74) is 0.653. The van der Waals surface area contributed by atoms with Crippen molar-refractivity contribution >= 4 is 17.5 Å². The molecule has 1 saturated heterocycles. The fraction of sp³-hybridized carbons (Fsp3) is 0.348. The zero-order valence-electron chi connectivity index (χ0n) is 18.2. The fourth-order valence-electron chi connectivity index (χ4n) is 3.41. The molecule has 0 saturated carbocycles. The Balaban J connectivity index is 1.44. The third-order valence-electron chi connectivity index (χ3n) is 5.25. The van der Waals surface area contributed by atoms with Crippen LogP contribution in [-0.4, -0.2) is 39.3 Å². The van der Waals surface area contributed by atoms with E-state index in [2.05, 4.69) is 31.3 Å². The van der Waals surface area contributed by atoms with Crippen LogP contribution in [-0.2, 0) is 0 Å². The van der Waals surface area contributed by atoms with Gasteiger partial charge in [0.1, 0.15) is 23.8 Å². The molecule has 0 amide bonds. The predicted molar refractivity (Wildman–Crippen MR) is 119 cm³/mol. The summed E-state index contributed by atoms with van der Waals surface area (Å²) >= 11 is 0. The van der Waals surface area contributed by atoms with Gasteiger partial charge in [0.25, 0.3) is 0 Å². The molecule has 33 heavy (non-hydrogen) atoms. The summed E-state index contributed by atoms with van der Waals surface area (Å²) in [7, 11) is 0. The highest BCUT2D eigenvalue weighted by Crippen LogP contribution is 2.28. The van der Waals surface area contributed by atoms with Crippen LogP contribution in [0.4, 0.5) is 21.9 Å². The molecule has 0 aliphatic carbocycles. The summed E-state index contributed by atoms with van der Waals surface area (Å²) in [6.07, 6.45) is 8.30. The lowest BCUT2D eigenvalue weighted by atomic mass is 10.1. The highest BCUT2D eigenvalue weighted by molar-refractivity contribution is 5.66. The van der Waals surface area contributed by atoms with Crippen LogP contribution < -0.4 is 15.0 Å². The Bertz CT molecular complexity index is 1220. The molecular formula is C23H22FN7O2. The van der Waals surface area contributed by atoms with Crippen LogP contribution in [0.1, 0.15) is 49.6 Å². The largest absolute Gasteiger partial charge is 0.473 e. The molecule has 3 aromatic rings. The number of hydrogen-bond acceptors (Lipinski definition) is 9. The third-order valence-corrected chi connectivity index (χ3v) is 5.25. The lowest BCUT2D eigenvalue weighted by Gasteiger charge is -2.30. The van der Waals surface area contributed by atoms with Crippen LogP contribution in [0, 0.1) is 29.5 Å². The molecule has 0 unspecified atom stereocenters. The monoisotopic (exact) mass is 447 g/mol. The number of nitrogens with zero attached hydrogens (tertiary/aromatic N) is 6. The normalized spacial score (nSPS) is 14.1. The maximum Gasteiger partial charge on any atom is 0.324 e. The van der Waals surface area contributed by atoms with Crippen LogP contribution in [0.3, 0.4) is 0 Å². The summed E-state index contributed by atoms with van der Waals surface area (Å²) in [5.74, 6) is 3.32. The van der Waals surface area contributed by atoms with Gasteiger partial charge in [-0.15, -0.1) is 6.42 Å². The van der Waals surface area contributed by atoms with Crippen LogP contribution in [0.25, 0.3) is 0 Å². The topological polar surface area (TPSA) is 113 Å². The molecule has 9 nitrogen and oxygen atoms in total. The van der Waals surface area contributed by atoms with Gasteiger partial charge >= 0.3 is 6.01 Å². The van der Waals surface area contributed by atoms with E-state index in [1.54, 1.807) is 0 Å². The number of terminal acetylenes is 1. The van der Waals surface area contributed by atoms with Gasteiger partial charge in [0.05, 0.1) is 17.3 Å². The Labute approximate surface area is 190 Å². The highest BCUT2D eigenvalue weighted by Gasteiger charge is 2.26. The van der Waals surface area contributed by atoms with E-state index in [1.165, 1.54) is 18.5 Å². The Morgan fingerprint density at radius 3 is 2.73 bits per heavy atom. The second kappa shape index (κ2) is 9.53. The molecule has 0 radical (unpaired) electrons. The minimum atomic E-state index is -0.591. The van der Waals surface area contributed by atoms with E-state index in [1.807, 2.05) is 24.8 Å². The fourth-order valence-corrected chi connectivity index (χ4v) is 3.41. The van der Waals surface area contributed by atoms with Crippen molar-refractivity contribution < 1.29 is 13.7 Å². The van der Waals surface area contributed by atoms with Gasteiger partial charge in [-0.05, 0) is 18.2 Å². The van der Waals surface area contributed by atoms with E-state index < -0.39 is 5.82 Å². The number of aromatic nitrogens is 4. The lowest BCUT2D eigenvalue weighted by molar-refractivity contribution is 0.161. The van der Waals surface area contributed by atoms with E-state index in [4.69, 9.17) is 20.9 Å². The van der Waals surface area contributed by atoms with Crippen LogP contribution >= 0.6 is 0 Å². The first-order chi connectivity index (χ1) is 16.0. The van der Waals surface area contributed by atoms with Crippen molar-refractivity contribution in [3.8, 4) is 24.3 Å². The number of benzene rings is 1. The standard InChI is InChI=1S/C23H22FN7O2/c1-4-17-21(28-19-6-5-15(12-25)11-18(19)24)26-13-27-22(17)32-16-7-9-31(10-8-16)23-29-20(14(2)3)30-33-23/h1,5-6,11,13-14,16H,7-10H2,2-3H3,(H,26,27,28). The van der Waals surface area contributed by atoms with Crippen molar-refractivity contribution in [2.75, 3.05) is 23.3 Å². The summed E-state index contributed by atoms with van der Waals surface area (Å²) in [5, 5.41) is 15.8. The first kappa shape index (κ1) is 22.0. The number of hydrogen-bond donors (Lipinski definition) is 1. The van der Waals surface area contributed by atoms with Crippen molar-refractivity contribution in [1.82, 2.24) is 20.1 Å². The summed E-state index contributed by atoms with van der Waals surface area (Å²) in [6.45, 7) is 5.39. The first-order valence-electron chi connectivity index (χ1n) is 10.5. The molecule has 0 spiro atoms. The smallest absolute Gasteiger partial charge is 0.324 e. The number of anilines is 3. The zero-order chi connectivity index (χ0) is 23.4. The molecule has 10 heteroatoms.